The number of hydrogen-bond acceptors (Lipinski definition) is 6. The molecule has 1 aromatic heterocycles. The topological polar surface area (TPSA) is 50.6 Å². The first kappa shape index (κ1) is 22.2. The van der Waals surface area contributed by atoms with Gasteiger partial charge in [-0.3, -0.25) is 4.79 Å². The molecule has 0 saturated carbocycles. The molecule has 6 rings (SSSR count). The maximum Gasteiger partial charge on any atom is 0.280 e. The number of rotatable bonds is 4. The number of carbonyl (C=O) groups is 1. The predicted molar refractivity (Wildman–Crippen MR) is 144 cm³/mol. The first-order chi connectivity index (χ1) is 17.2. The summed E-state index contributed by atoms with van der Waals surface area (Å²) in [4.78, 5) is 14.0. The highest BCUT2D eigenvalue weighted by Crippen LogP contribution is 2.37. The summed E-state index contributed by atoms with van der Waals surface area (Å²) in [5.74, 6) is -0.0989. The number of amides is 1. The van der Waals surface area contributed by atoms with Gasteiger partial charge in [0.1, 0.15) is 5.69 Å². The number of thiocarbonyl (C=S) groups is 1. The number of benzene rings is 3. The van der Waals surface area contributed by atoms with Gasteiger partial charge in [0.25, 0.3) is 5.91 Å². The molecule has 2 fully saturated rings. The fraction of sp³-hybridized carbons (Fsp3) is 0.148. The summed E-state index contributed by atoms with van der Waals surface area (Å²) >= 11 is 6.92. The number of para-hydroxylation sites is 1. The number of hydrazine groups is 1. The van der Waals surface area contributed by atoms with E-state index in [2.05, 4.69) is 24.3 Å². The van der Waals surface area contributed by atoms with Crippen molar-refractivity contribution in [2.24, 2.45) is 0 Å². The molecular formula is C27H22N4O2S2. The molecule has 2 saturated heterocycles. The van der Waals surface area contributed by atoms with Gasteiger partial charge in [0.2, 0.25) is 0 Å². The van der Waals surface area contributed by atoms with Crippen molar-refractivity contribution in [3.63, 3.8) is 0 Å². The molecule has 35 heavy (non-hydrogen) atoms. The molecule has 0 aliphatic carbocycles. The van der Waals surface area contributed by atoms with Crippen molar-refractivity contribution >= 4 is 51.1 Å². The van der Waals surface area contributed by atoms with Crippen LogP contribution >= 0.6 is 24.0 Å². The Balaban J connectivity index is 1.46. The molecular weight excluding hydrogens is 476 g/mol. The summed E-state index contributed by atoms with van der Waals surface area (Å²) in [6.45, 7) is 2.47. The Morgan fingerprint density at radius 3 is 2.51 bits per heavy atom. The third kappa shape index (κ3) is 4.19. The van der Waals surface area contributed by atoms with Gasteiger partial charge >= 0.3 is 0 Å². The number of morpholine rings is 1. The van der Waals surface area contributed by atoms with Gasteiger partial charge in [-0.2, -0.15) is 5.10 Å². The van der Waals surface area contributed by atoms with Crippen LogP contribution in [0.15, 0.2) is 83.9 Å². The van der Waals surface area contributed by atoms with E-state index in [0.717, 1.165) is 33.3 Å². The SMILES string of the molecule is O=C1C(=Cc2cn(-c3ccccc3)nc2-c2cccc3ccccc23)SC(=S)N1N1CCOCC1. The minimum atomic E-state index is -0.0989. The van der Waals surface area contributed by atoms with E-state index in [1.807, 2.05) is 70.5 Å². The highest BCUT2D eigenvalue weighted by Gasteiger charge is 2.37. The molecule has 0 unspecified atom stereocenters. The van der Waals surface area contributed by atoms with Crippen molar-refractivity contribution in [1.29, 1.82) is 0 Å². The maximum atomic E-state index is 13.4. The number of hydrogen-bond donors (Lipinski definition) is 0. The molecule has 2 aliphatic rings. The lowest BCUT2D eigenvalue weighted by atomic mass is 10.00. The number of fused-ring (bicyclic) bond motifs is 1. The van der Waals surface area contributed by atoms with Gasteiger partial charge < -0.3 is 4.74 Å². The van der Waals surface area contributed by atoms with E-state index in [9.17, 15) is 4.79 Å². The van der Waals surface area contributed by atoms with Crippen LogP contribution in [0.1, 0.15) is 5.56 Å². The van der Waals surface area contributed by atoms with Crippen molar-refractivity contribution in [2.75, 3.05) is 26.3 Å². The normalized spacial score (nSPS) is 18.2. The summed E-state index contributed by atoms with van der Waals surface area (Å²) in [6.07, 6.45) is 3.90. The lowest BCUT2D eigenvalue weighted by Gasteiger charge is -2.33. The van der Waals surface area contributed by atoms with E-state index >= 15 is 0 Å². The minimum absolute atomic E-state index is 0.0989. The number of thioether (sulfide) groups is 1. The smallest absolute Gasteiger partial charge is 0.280 e. The van der Waals surface area contributed by atoms with Crippen LogP contribution in [0.5, 0.6) is 0 Å². The van der Waals surface area contributed by atoms with Gasteiger partial charge in [-0.05, 0) is 29.0 Å². The zero-order valence-corrected chi connectivity index (χ0v) is 20.5. The van der Waals surface area contributed by atoms with Crippen LogP contribution in [-0.2, 0) is 9.53 Å². The number of aromatic nitrogens is 2. The maximum absolute atomic E-state index is 13.4. The Bertz CT molecular complexity index is 1450. The van der Waals surface area contributed by atoms with Crippen LogP contribution in [-0.4, -0.2) is 56.3 Å². The molecule has 6 nitrogen and oxygen atoms in total. The second-order valence-electron chi connectivity index (χ2n) is 8.30. The first-order valence-corrected chi connectivity index (χ1v) is 12.7. The van der Waals surface area contributed by atoms with E-state index in [0.29, 0.717) is 35.5 Å². The lowest BCUT2D eigenvalue weighted by Crippen LogP contribution is -2.50. The van der Waals surface area contributed by atoms with Crippen molar-refractivity contribution in [3.05, 3.63) is 89.5 Å². The highest BCUT2D eigenvalue weighted by atomic mass is 32.2. The Morgan fingerprint density at radius 2 is 1.69 bits per heavy atom. The van der Waals surface area contributed by atoms with Crippen LogP contribution in [0, 0.1) is 0 Å². The quantitative estimate of drug-likeness (QED) is 0.287. The molecule has 0 atom stereocenters. The summed E-state index contributed by atoms with van der Waals surface area (Å²) in [7, 11) is 0. The van der Waals surface area contributed by atoms with Crippen LogP contribution in [0.3, 0.4) is 0 Å². The largest absolute Gasteiger partial charge is 0.379 e. The third-order valence-electron chi connectivity index (χ3n) is 6.14. The van der Waals surface area contributed by atoms with Crippen molar-refractivity contribution in [2.45, 2.75) is 0 Å². The molecule has 0 N–H and O–H groups in total. The molecule has 2 aliphatic heterocycles. The monoisotopic (exact) mass is 498 g/mol. The molecule has 1 amide bonds. The predicted octanol–water partition coefficient (Wildman–Crippen LogP) is 5.14. The fourth-order valence-corrected chi connectivity index (χ4v) is 5.75. The summed E-state index contributed by atoms with van der Waals surface area (Å²) in [5.41, 5.74) is 3.66. The molecule has 3 heterocycles. The number of ether oxygens (including phenoxy) is 1. The Kier molecular flexibility index (Phi) is 5.95. The van der Waals surface area contributed by atoms with Crippen molar-refractivity contribution < 1.29 is 9.53 Å². The standard InChI is InChI=1S/C27H22N4O2S2/c32-26-24(35-27(34)31(26)29-13-15-33-16-14-29)17-20-18-30(21-9-2-1-3-10-21)28-25(20)23-12-6-8-19-7-4-5-11-22(19)23/h1-12,17-18H,13-16H2. The molecule has 4 aromatic rings. The van der Waals surface area contributed by atoms with Crippen molar-refractivity contribution in [3.8, 4) is 16.9 Å². The molecule has 8 heteroatoms. The average molecular weight is 499 g/mol. The molecule has 3 aromatic carbocycles. The fourth-order valence-electron chi connectivity index (χ4n) is 4.45. The Hall–Kier alpha value is -3.30. The first-order valence-electron chi connectivity index (χ1n) is 11.4. The third-order valence-corrected chi connectivity index (χ3v) is 7.42. The molecule has 174 valence electrons. The van der Waals surface area contributed by atoms with Crippen LogP contribution < -0.4 is 0 Å². The van der Waals surface area contributed by atoms with Crippen LogP contribution in [0.4, 0.5) is 0 Å². The molecule has 0 spiro atoms. The van der Waals surface area contributed by atoms with Gasteiger partial charge in [-0.25, -0.2) is 14.7 Å². The second kappa shape index (κ2) is 9.39. The molecule has 0 radical (unpaired) electrons. The van der Waals surface area contributed by atoms with Gasteiger partial charge in [-0.15, -0.1) is 0 Å². The second-order valence-corrected chi connectivity index (χ2v) is 9.98. The van der Waals surface area contributed by atoms with Gasteiger partial charge in [-0.1, -0.05) is 84.6 Å². The lowest BCUT2D eigenvalue weighted by molar-refractivity contribution is -0.138. The van der Waals surface area contributed by atoms with E-state index in [4.69, 9.17) is 22.1 Å². The van der Waals surface area contributed by atoms with Gasteiger partial charge in [0, 0.05) is 30.4 Å². The zero-order chi connectivity index (χ0) is 23.8. The van der Waals surface area contributed by atoms with E-state index < -0.39 is 0 Å². The zero-order valence-electron chi connectivity index (χ0n) is 18.8. The van der Waals surface area contributed by atoms with Crippen molar-refractivity contribution in [1.82, 2.24) is 19.8 Å². The summed E-state index contributed by atoms with van der Waals surface area (Å²) in [5, 5.41) is 10.8. The van der Waals surface area contributed by atoms with Gasteiger partial charge in [0.15, 0.2) is 4.32 Å². The number of nitrogens with zero attached hydrogens (tertiary/aromatic N) is 4. The van der Waals surface area contributed by atoms with E-state index in [1.165, 1.54) is 11.8 Å². The average Bonchev–Trinajstić information content (AvgIpc) is 3.45. The summed E-state index contributed by atoms with van der Waals surface area (Å²) < 4.78 is 7.85. The van der Waals surface area contributed by atoms with E-state index in [1.54, 1.807) is 5.01 Å². The highest BCUT2D eigenvalue weighted by molar-refractivity contribution is 8.26. The number of carbonyl (C=O) groups excluding carboxylic acids is 1. The Morgan fingerprint density at radius 1 is 0.943 bits per heavy atom. The van der Waals surface area contributed by atoms with E-state index in [-0.39, 0.29) is 5.91 Å². The molecule has 0 bridgehead atoms. The van der Waals surface area contributed by atoms with Crippen LogP contribution in [0.25, 0.3) is 33.8 Å². The summed E-state index contributed by atoms with van der Waals surface area (Å²) in [6, 6.07) is 24.5. The minimum Gasteiger partial charge on any atom is -0.379 e. The van der Waals surface area contributed by atoms with Crippen LogP contribution in [0.2, 0.25) is 0 Å². The van der Waals surface area contributed by atoms with Gasteiger partial charge in [0.05, 0.1) is 23.8 Å². The Labute approximate surface area is 212 Å².